The maximum Gasteiger partial charge on any atom is 0.159 e. The minimum absolute atomic E-state index is 0.187. The van der Waals surface area contributed by atoms with Gasteiger partial charge in [0.05, 0.1) is 34.7 Å². The number of nitrogen functional groups attached to an aromatic ring is 1. The first-order chi connectivity index (χ1) is 18.7. The largest absolute Gasteiger partial charge is 0.398 e. The molecule has 9 nitrogen and oxygen atoms in total. The number of anilines is 3. The Morgan fingerprint density at radius 1 is 1.21 bits per heavy atom. The van der Waals surface area contributed by atoms with Crippen LogP contribution in [0.1, 0.15) is 56.0 Å². The lowest BCUT2D eigenvalue weighted by molar-refractivity contribution is 0.00159. The molecule has 2 aromatic heterocycles. The molecule has 3 aliphatic rings. The van der Waals surface area contributed by atoms with Gasteiger partial charge in [0.25, 0.3) is 0 Å². The summed E-state index contributed by atoms with van der Waals surface area (Å²) in [5.74, 6) is 0.937. The molecule has 1 atom stereocenters. The van der Waals surface area contributed by atoms with Crippen molar-refractivity contribution in [2.24, 2.45) is 5.41 Å². The van der Waals surface area contributed by atoms with Gasteiger partial charge < -0.3 is 26.3 Å². The molecule has 1 aliphatic carbocycles. The fraction of sp³-hybridized carbons (Fsp3) is 0.517. The van der Waals surface area contributed by atoms with Gasteiger partial charge in [-0.3, -0.25) is 4.68 Å². The van der Waals surface area contributed by atoms with E-state index in [2.05, 4.69) is 50.8 Å². The molecule has 0 bridgehead atoms. The van der Waals surface area contributed by atoms with Crippen LogP contribution in [0.5, 0.6) is 0 Å². The van der Waals surface area contributed by atoms with Crippen molar-refractivity contribution in [2.75, 3.05) is 48.3 Å². The highest BCUT2D eigenvalue weighted by Gasteiger charge is 2.50. The minimum Gasteiger partial charge on any atom is -0.398 e. The zero-order chi connectivity index (χ0) is 27.5. The van der Waals surface area contributed by atoms with Gasteiger partial charge in [-0.1, -0.05) is 18.5 Å². The van der Waals surface area contributed by atoms with E-state index in [0.717, 1.165) is 85.9 Å². The lowest BCUT2D eigenvalue weighted by Gasteiger charge is -2.54. The van der Waals surface area contributed by atoms with Crippen molar-refractivity contribution >= 4 is 35.0 Å². The first-order valence-corrected chi connectivity index (χ1v) is 14.3. The van der Waals surface area contributed by atoms with E-state index in [-0.39, 0.29) is 5.54 Å². The molecule has 3 fully saturated rings. The molecular formula is C29H38ClN9. The summed E-state index contributed by atoms with van der Waals surface area (Å²) in [5, 5.41) is 25.8. The van der Waals surface area contributed by atoms with Gasteiger partial charge in [-0.05, 0) is 63.1 Å². The number of nitrogens with zero attached hydrogens (tertiary/aromatic N) is 6. The third-order valence-electron chi connectivity index (χ3n) is 9.45. The van der Waals surface area contributed by atoms with Crippen molar-refractivity contribution in [3.8, 4) is 11.1 Å². The average Bonchev–Trinajstić information content (AvgIpc) is 3.20. The first-order valence-electron chi connectivity index (χ1n) is 13.9. The minimum atomic E-state index is -0.187. The number of nitrogens with one attached hydrogen (secondary N) is 2. The molecule has 4 N–H and O–H groups in total. The van der Waals surface area contributed by atoms with E-state index in [1.807, 2.05) is 25.3 Å². The highest BCUT2D eigenvalue weighted by atomic mass is 35.5. The topological polar surface area (TPSA) is 112 Å². The molecule has 1 aromatic carbocycles. The highest BCUT2D eigenvalue weighted by molar-refractivity contribution is 6.35. The first kappa shape index (κ1) is 26.1. The summed E-state index contributed by atoms with van der Waals surface area (Å²) in [7, 11) is 0. The molecule has 0 unspecified atom stereocenters. The number of benzene rings is 1. The third-order valence-corrected chi connectivity index (χ3v) is 9.94. The summed E-state index contributed by atoms with van der Waals surface area (Å²) in [6.45, 7) is 13.4. The van der Waals surface area contributed by atoms with E-state index in [4.69, 9.17) is 27.8 Å². The number of piperazine rings is 1. The summed E-state index contributed by atoms with van der Waals surface area (Å²) >= 11 is 7.04. The van der Waals surface area contributed by atoms with Crippen LogP contribution in [-0.2, 0) is 0 Å². The van der Waals surface area contributed by atoms with Crippen LogP contribution >= 0.6 is 11.6 Å². The van der Waals surface area contributed by atoms with Crippen LogP contribution in [0.25, 0.3) is 11.1 Å². The zero-order valence-electron chi connectivity index (χ0n) is 23.3. The van der Waals surface area contributed by atoms with E-state index in [1.165, 1.54) is 6.21 Å². The molecule has 3 aromatic rings. The predicted molar refractivity (Wildman–Crippen MR) is 158 cm³/mol. The van der Waals surface area contributed by atoms with Crippen molar-refractivity contribution in [3.63, 3.8) is 0 Å². The summed E-state index contributed by atoms with van der Waals surface area (Å²) in [5.41, 5.74) is 12.8. The van der Waals surface area contributed by atoms with Crippen molar-refractivity contribution in [1.29, 1.82) is 5.41 Å². The van der Waals surface area contributed by atoms with E-state index in [1.54, 1.807) is 6.20 Å². The van der Waals surface area contributed by atoms with Gasteiger partial charge in [0.1, 0.15) is 0 Å². The smallest absolute Gasteiger partial charge is 0.159 e. The molecule has 0 amide bonds. The highest BCUT2D eigenvalue weighted by Crippen LogP contribution is 2.53. The number of halogens is 1. The van der Waals surface area contributed by atoms with Gasteiger partial charge in [-0.25, -0.2) is 0 Å². The lowest BCUT2D eigenvalue weighted by atomic mass is 9.61. The van der Waals surface area contributed by atoms with Crippen LogP contribution in [0.2, 0.25) is 5.02 Å². The van der Waals surface area contributed by atoms with E-state index < -0.39 is 0 Å². The Bertz CT molecular complexity index is 1410. The maximum atomic E-state index is 8.26. The van der Waals surface area contributed by atoms with E-state index in [0.29, 0.717) is 27.7 Å². The summed E-state index contributed by atoms with van der Waals surface area (Å²) in [6.07, 6.45) is 8.13. The monoisotopic (exact) mass is 547 g/mol. The molecule has 2 aliphatic heterocycles. The maximum absolute atomic E-state index is 8.26. The summed E-state index contributed by atoms with van der Waals surface area (Å²) in [4.78, 5) is 4.86. The zero-order valence-corrected chi connectivity index (χ0v) is 24.0. The van der Waals surface area contributed by atoms with Crippen LogP contribution in [0.3, 0.4) is 0 Å². The summed E-state index contributed by atoms with van der Waals surface area (Å²) in [6, 6.07) is 4.25. The van der Waals surface area contributed by atoms with Crippen LogP contribution in [0.15, 0.2) is 24.5 Å². The number of aryl methyl sites for hydroxylation is 1. The number of nitrogens with two attached hydrogens (primary N) is 1. The Balaban J connectivity index is 1.48. The van der Waals surface area contributed by atoms with Gasteiger partial charge >= 0.3 is 0 Å². The molecule has 4 heterocycles. The third kappa shape index (κ3) is 4.09. The molecule has 206 valence electrons. The predicted octanol–water partition coefficient (Wildman–Crippen LogP) is 4.61. The summed E-state index contributed by atoms with van der Waals surface area (Å²) < 4.78 is 2.24. The van der Waals surface area contributed by atoms with Crippen LogP contribution in [-0.4, -0.2) is 64.5 Å². The molecule has 1 spiro atoms. The van der Waals surface area contributed by atoms with Gasteiger partial charge in [0.2, 0.25) is 0 Å². The second-order valence-corrected chi connectivity index (χ2v) is 12.3. The van der Waals surface area contributed by atoms with Crippen molar-refractivity contribution in [2.45, 2.75) is 58.5 Å². The Morgan fingerprint density at radius 3 is 2.59 bits per heavy atom. The van der Waals surface area contributed by atoms with Crippen molar-refractivity contribution < 1.29 is 0 Å². The Labute approximate surface area is 235 Å². The fourth-order valence-electron chi connectivity index (χ4n) is 6.88. The number of hydrogen-bond acceptors (Lipinski definition) is 8. The van der Waals surface area contributed by atoms with Crippen LogP contribution in [0.4, 0.5) is 17.2 Å². The molecule has 1 saturated carbocycles. The number of aromatic nitrogens is 4. The van der Waals surface area contributed by atoms with Crippen molar-refractivity contribution in [3.05, 3.63) is 46.4 Å². The van der Waals surface area contributed by atoms with E-state index >= 15 is 0 Å². The second kappa shape index (κ2) is 9.48. The van der Waals surface area contributed by atoms with Crippen LogP contribution < -0.4 is 20.9 Å². The Hall–Kier alpha value is -3.17. The van der Waals surface area contributed by atoms with Gasteiger partial charge in [-0.15, -0.1) is 0 Å². The number of hydrogen-bond donors (Lipinski definition) is 3. The van der Waals surface area contributed by atoms with Gasteiger partial charge in [0.15, 0.2) is 5.82 Å². The second-order valence-electron chi connectivity index (χ2n) is 11.9. The van der Waals surface area contributed by atoms with E-state index in [9.17, 15) is 0 Å². The SMILES string of the molecule is CC[C@@]1(C)CN(c2ccnnc2)CCN1c1nn(C2CC3(CNC3)C2)c(C)c1-c1c(Cl)c(C)cc(N)c1C=N. The average molecular weight is 548 g/mol. The number of rotatable bonds is 6. The molecular weight excluding hydrogens is 510 g/mol. The lowest BCUT2D eigenvalue weighted by Crippen LogP contribution is -2.61. The quantitative estimate of drug-likeness (QED) is 0.305. The van der Waals surface area contributed by atoms with Gasteiger partial charge in [0, 0.05) is 67.0 Å². The molecule has 39 heavy (non-hydrogen) atoms. The standard InChI is InChI=1S/C29H38ClN9/c1-5-28(4)17-37(20-6-7-34-35-14-20)8-9-38(28)27-24(25-22(13-31)23(32)10-18(2)26(25)30)19(3)39(36-27)21-11-29(12-21)15-33-16-29/h6-7,10,13-14,21,31,33H,5,8-9,11-12,15-17,32H2,1-4H3/t28-/m0/s1. The molecule has 6 rings (SSSR count). The fourth-order valence-corrected chi connectivity index (χ4v) is 7.13. The Kier molecular flexibility index (Phi) is 6.34. The van der Waals surface area contributed by atoms with Gasteiger partial charge in [-0.2, -0.15) is 15.3 Å². The van der Waals surface area contributed by atoms with Crippen molar-refractivity contribution in [1.82, 2.24) is 25.3 Å². The Morgan fingerprint density at radius 2 is 1.97 bits per heavy atom. The molecule has 10 heteroatoms. The van der Waals surface area contributed by atoms with Crippen LogP contribution in [0, 0.1) is 24.7 Å². The molecule has 0 radical (unpaired) electrons. The molecule has 2 saturated heterocycles. The normalized spacial score (nSPS) is 22.6.